The van der Waals surface area contributed by atoms with Crippen molar-refractivity contribution in [2.75, 3.05) is 19.6 Å². The number of nitrogens with zero attached hydrogens (tertiary/aromatic N) is 4. The van der Waals surface area contributed by atoms with E-state index in [0.717, 1.165) is 67.7 Å². The van der Waals surface area contributed by atoms with Crippen molar-refractivity contribution in [2.45, 2.75) is 109 Å². The standard InChI is InChI=1S/C77H64F2N4S3/c1-8-48-15-9-12-18-66(48)80(55-27-21-49(22-28-55)45(2)3)58-33-36-61-52(39-58)42-69-72-75(61)85-70-43-53-40-60(82(68-20-14-11-17-65(68)79)57-31-25-51(26-32-57)47(6)7)35-38-63(53)77-73(70)83(72)74-71(86-77)44-54-41-59(34-37-62(54)76(74)84-69)81(67-19-13-10-16-64(67)78)56-29-23-50(24-30-56)46(4)5/h9-27,29-47,55H,8,28H2,1-7H3. The Bertz CT molecular complexity index is 4510. The SMILES string of the molecule is CCc1ccccc1N(c1ccc2c3c4c(cc2c1)Sc1c2c(cc5cc(N(c6ccc(C(C)C)cc6)c6ccccc6F)ccc15)Sc1c(c(cc5cc(N(c6ccc(C(C)C)cc6)c6ccccc6F)ccc15)S3)N24)C1C=CC(C(C)C)=CC1. The van der Waals surface area contributed by atoms with Crippen molar-refractivity contribution in [3.63, 3.8) is 0 Å². The minimum atomic E-state index is -0.286. The maximum Gasteiger partial charge on any atom is 0.147 e. The van der Waals surface area contributed by atoms with E-state index < -0.39 is 0 Å². The van der Waals surface area contributed by atoms with Crippen LogP contribution in [0.25, 0.3) is 32.3 Å². The van der Waals surface area contributed by atoms with E-state index in [4.69, 9.17) is 0 Å². The van der Waals surface area contributed by atoms with Gasteiger partial charge < -0.3 is 19.6 Å². The van der Waals surface area contributed by atoms with Crippen LogP contribution in [0.1, 0.15) is 83.4 Å². The molecule has 0 saturated carbocycles. The third kappa shape index (κ3) is 9.10. The van der Waals surface area contributed by atoms with Crippen molar-refractivity contribution in [3.8, 4) is 0 Å². The van der Waals surface area contributed by atoms with E-state index in [1.165, 1.54) is 80.3 Å². The first-order valence-electron chi connectivity index (χ1n) is 30.1. The normalized spacial score (nSPS) is 14.6. The molecule has 9 heteroatoms. The average molecular weight is 1180 g/mol. The van der Waals surface area contributed by atoms with E-state index in [-0.39, 0.29) is 17.7 Å². The van der Waals surface area contributed by atoms with Gasteiger partial charge in [-0.3, -0.25) is 0 Å². The maximum atomic E-state index is 16.2. The molecule has 15 rings (SSSR count). The molecular formula is C77H64F2N4S3. The number of aryl methyl sites for hydroxylation is 1. The zero-order chi connectivity index (χ0) is 58.6. The van der Waals surface area contributed by atoms with Crippen LogP contribution in [0.2, 0.25) is 0 Å². The third-order valence-corrected chi connectivity index (χ3v) is 21.2. The predicted octanol–water partition coefficient (Wildman–Crippen LogP) is 24.1. The van der Waals surface area contributed by atoms with Crippen molar-refractivity contribution in [2.24, 2.45) is 5.92 Å². The largest absolute Gasteiger partial charge is 0.334 e. The predicted molar refractivity (Wildman–Crippen MR) is 362 cm³/mol. The Morgan fingerprint density at radius 3 is 1.27 bits per heavy atom. The highest BCUT2D eigenvalue weighted by molar-refractivity contribution is 8.02. The molecule has 3 aliphatic heterocycles. The third-order valence-electron chi connectivity index (χ3n) is 17.7. The molecule has 11 aromatic rings. The summed E-state index contributed by atoms with van der Waals surface area (Å²) >= 11 is 5.58. The first-order valence-corrected chi connectivity index (χ1v) is 32.5. The maximum absolute atomic E-state index is 16.2. The smallest absolute Gasteiger partial charge is 0.147 e. The molecule has 86 heavy (non-hydrogen) atoms. The van der Waals surface area contributed by atoms with Crippen molar-refractivity contribution >= 4 is 130 Å². The van der Waals surface area contributed by atoms with Gasteiger partial charge in [-0.25, -0.2) is 8.78 Å². The van der Waals surface area contributed by atoms with Crippen LogP contribution < -0.4 is 19.6 Å². The van der Waals surface area contributed by atoms with Gasteiger partial charge in [0.25, 0.3) is 0 Å². The van der Waals surface area contributed by atoms with Gasteiger partial charge in [-0.05, 0) is 194 Å². The molecule has 0 fully saturated rings. The number of anilines is 11. The molecule has 1 unspecified atom stereocenters. The minimum absolute atomic E-state index is 0.140. The van der Waals surface area contributed by atoms with Gasteiger partial charge in [0.2, 0.25) is 0 Å². The molecule has 3 heterocycles. The van der Waals surface area contributed by atoms with Gasteiger partial charge in [-0.15, -0.1) is 0 Å². The zero-order valence-electron chi connectivity index (χ0n) is 49.2. The highest BCUT2D eigenvalue weighted by Crippen LogP contribution is 2.69. The van der Waals surface area contributed by atoms with Crippen LogP contribution in [0, 0.1) is 17.6 Å². The van der Waals surface area contributed by atoms with Crippen molar-refractivity contribution in [1.29, 1.82) is 0 Å². The lowest BCUT2D eigenvalue weighted by Crippen LogP contribution is -2.31. The number of fused-ring (bicyclic) bond motifs is 6. The Morgan fingerprint density at radius 1 is 0.453 bits per heavy atom. The number of para-hydroxylation sites is 3. The fraction of sp³-hybridized carbons (Fsp3) is 0.169. The van der Waals surface area contributed by atoms with E-state index in [1.54, 1.807) is 24.3 Å². The van der Waals surface area contributed by atoms with Crippen LogP contribution in [0.4, 0.5) is 71.3 Å². The molecule has 1 atom stereocenters. The molecule has 1 aliphatic carbocycles. The first-order chi connectivity index (χ1) is 41.9. The molecule has 0 radical (unpaired) electrons. The van der Waals surface area contributed by atoms with Gasteiger partial charge in [-0.1, -0.05) is 187 Å². The van der Waals surface area contributed by atoms with Crippen LogP contribution in [0.15, 0.2) is 247 Å². The van der Waals surface area contributed by atoms with Gasteiger partial charge in [0.05, 0.1) is 34.5 Å². The summed E-state index contributed by atoms with van der Waals surface area (Å²) in [6.45, 7) is 15.6. The molecule has 0 bridgehead atoms. The van der Waals surface area contributed by atoms with Gasteiger partial charge >= 0.3 is 0 Å². The number of allylic oxidation sites excluding steroid dienone is 2. The second-order valence-corrected chi connectivity index (χ2v) is 27.1. The van der Waals surface area contributed by atoms with E-state index in [9.17, 15) is 0 Å². The van der Waals surface area contributed by atoms with Crippen molar-refractivity contribution in [1.82, 2.24) is 0 Å². The lowest BCUT2D eigenvalue weighted by molar-refractivity contribution is 0.628. The minimum Gasteiger partial charge on any atom is -0.334 e. The monoisotopic (exact) mass is 1180 g/mol. The summed E-state index contributed by atoms with van der Waals surface area (Å²) < 4.78 is 32.5. The Morgan fingerprint density at radius 2 is 0.860 bits per heavy atom. The van der Waals surface area contributed by atoms with Crippen LogP contribution in [-0.2, 0) is 6.42 Å². The van der Waals surface area contributed by atoms with Gasteiger partial charge in [0, 0.05) is 63.5 Å². The fourth-order valence-electron chi connectivity index (χ4n) is 13.2. The average Bonchev–Trinajstić information content (AvgIpc) is 0.714. The van der Waals surface area contributed by atoms with Gasteiger partial charge in [0.1, 0.15) is 11.6 Å². The highest BCUT2D eigenvalue weighted by Gasteiger charge is 2.42. The molecule has 4 nitrogen and oxygen atoms in total. The Hall–Kier alpha value is -8.21. The van der Waals surface area contributed by atoms with E-state index in [1.807, 2.05) is 59.6 Å². The van der Waals surface area contributed by atoms with Crippen LogP contribution in [-0.4, -0.2) is 6.04 Å². The molecule has 0 N–H and O–H groups in total. The molecule has 0 saturated heterocycles. The lowest BCUT2D eigenvalue weighted by Gasteiger charge is -2.44. The zero-order valence-corrected chi connectivity index (χ0v) is 51.6. The molecule has 4 aliphatic rings. The number of halogens is 2. The number of hydrogen-bond acceptors (Lipinski definition) is 7. The number of benzene rings is 11. The quantitative estimate of drug-likeness (QED) is 0.113. The second-order valence-electron chi connectivity index (χ2n) is 24.0. The first kappa shape index (κ1) is 54.4. The van der Waals surface area contributed by atoms with Gasteiger partial charge in [0.15, 0.2) is 0 Å². The van der Waals surface area contributed by atoms with E-state index in [2.05, 4.69) is 232 Å². The summed E-state index contributed by atoms with van der Waals surface area (Å²) in [6.07, 6.45) is 9.03. The highest BCUT2D eigenvalue weighted by atomic mass is 32.2. The molecule has 0 aromatic heterocycles. The second kappa shape index (κ2) is 21.6. The Kier molecular flexibility index (Phi) is 13.7. The fourth-order valence-corrected chi connectivity index (χ4v) is 17.2. The summed E-state index contributed by atoms with van der Waals surface area (Å²) in [4.78, 5) is 16.4. The van der Waals surface area contributed by atoms with Crippen LogP contribution >= 0.6 is 35.3 Å². The topological polar surface area (TPSA) is 13.0 Å². The molecule has 11 aromatic carbocycles. The van der Waals surface area contributed by atoms with E-state index >= 15 is 8.78 Å². The number of hydrogen-bond donors (Lipinski definition) is 0. The summed E-state index contributed by atoms with van der Waals surface area (Å²) in [6, 6.07) is 68.0. The Balaban J connectivity index is 0.942. The number of rotatable bonds is 13. The van der Waals surface area contributed by atoms with Crippen molar-refractivity contribution < 1.29 is 8.78 Å². The van der Waals surface area contributed by atoms with Crippen molar-refractivity contribution in [3.05, 3.63) is 246 Å². The summed E-state index contributed by atoms with van der Waals surface area (Å²) in [7, 11) is 0. The summed E-state index contributed by atoms with van der Waals surface area (Å²) in [5.41, 5.74) is 15.7. The van der Waals surface area contributed by atoms with E-state index in [0.29, 0.717) is 29.1 Å². The molecule has 0 spiro atoms. The summed E-state index contributed by atoms with van der Waals surface area (Å²) in [5.74, 6) is 0.611. The van der Waals surface area contributed by atoms with Gasteiger partial charge in [-0.2, -0.15) is 0 Å². The molecular weight excluding hydrogens is 1120 g/mol. The Labute approximate surface area is 515 Å². The lowest BCUT2D eigenvalue weighted by atomic mass is 9.93. The molecule has 424 valence electrons. The molecule has 0 amide bonds. The summed E-state index contributed by atoms with van der Waals surface area (Å²) in [5, 5.41) is 6.82. The van der Waals surface area contributed by atoms with Crippen LogP contribution in [0.5, 0.6) is 0 Å². The van der Waals surface area contributed by atoms with Crippen LogP contribution in [0.3, 0.4) is 0 Å².